The van der Waals surface area contributed by atoms with Gasteiger partial charge >= 0.3 is 0 Å². The first kappa shape index (κ1) is 20.7. The molecule has 29 heavy (non-hydrogen) atoms. The lowest BCUT2D eigenvalue weighted by atomic mass is 10.2. The number of aromatic amines is 1. The van der Waals surface area contributed by atoms with E-state index in [2.05, 4.69) is 30.2 Å². The molecule has 152 valence electrons. The largest absolute Gasteiger partial charge is 0.370 e. The van der Waals surface area contributed by atoms with Crippen LogP contribution in [0.2, 0.25) is 5.02 Å². The summed E-state index contributed by atoms with van der Waals surface area (Å²) in [6.45, 7) is 2.80. The van der Waals surface area contributed by atoms with Crippen molar-refractivity contribution in [1.82, 2.24) is 20.3 Å². The summed E-state index contributed by atoms with van der Waals surface area (Å²) in [5.41, 5.74) is 8.20. The molecule has 8 heteroatoms. The van der Waals surface area contributed by atoms with Crippen molar-refractivity contribution >= 4 is 23.4 Å². The summed E-state index contributed by atoms with van der Waals surface area (Å²) in [5.74, 6) is 1.37. The highest BCUT2D eigenvalue weighted by atomic mass is 35.5. The molecule has 7 nitrogen and oxygen atoms in total. The van der Waals surface area contributed by atoms with Gasteiger partial charge in [0.1, 0.15) is 5.82 Å². The average Bonchev–Trinajstić information content (AvgIpc) is 3.26. The van der Waals surface area contributed by atoms with E-state index in [4.69, 9.17) is 17.3 Å². The van der Waals surface area contributed by atoms with Crippen molar-refractivity contribution in [2.24, 2.45) is 10.7 Å². The summed E-state index contributed by atoms with van der Waals surface area (Å²) in [7, 11) is 0. The number of halogens is 1. The molecular formula is C21H26ClN7. The number of nitrogens with zero attached hydrogens (tertiary/aromatic N) is 4. The van der Waals surface area contributed by atoms with Crippen LogP contribution >= 0.6 is 11.6 Å². The third kappa shape index (κ3) is 7.12. The number of H-pyrrole nitrogens is 1. The molecule has 4 N–H and O–H groups in total. The van der Waals surface area contributed by atoms with Gasteiger partial charge in [0.15, 0.2) is 5.96 Å². The van der Waals surface area contributed by atoms with E-state index in [-0.39, 0.29) is 0 Å². The molecule has 0 fully saturated rings. The quantitative estimate of drug-likeness (QED) is 0.271. The van der Waals surface area contributed by atoms with Gasteiger partial charge < -0.3 is 20.9 Å². The van der Waals surface area contributed by atoms with E-state index in [9.17, 15) is 0 Å². The van der Waals surface area contributed by atoms with Crippen LogP contribution in [0, 0.1) is 0 Å². The first-order valence-corrected chi connectivity index (χ1v) is 10.0. The SMILES string of the molecule is NC(=NCCCc1c[nH]cn1)NCCN(Cc1ccc(Cl)cc1)c1ccccn1. The number of anilines is 1. The first-order chi connectivity index (χ1) is 14.2. The number of rotatable bonds is 10. The number of guanidine groups is 1. The van der Waals surface area contributed by atoms with Gasteiger partial charge in [0.2, 0.25) is 0 Å². The number of pyridine rings is 1. The lowest BCUT2D eigenvalue weighted by Crippen LogP contribution is -2.38. The maximum atomic E-state index is 6.00. The van der Waals surface area contributed by atoms with E-state index in [1.807, 2.05) is 48.7 Å². The van der Waals surface area contributed by atoms with E-state index < -0.39 is 0 Å². The van der Waals surface area contributed by atoms with E-state index in [1.165, 1.54) is 5.56 Å². The number of aromatic nitrogens is 3. The molecule has 2 heterocycles. The number of nitrogens with one attached hydrogen (secondary N) is 2. The molecule has 0 saturated heterocycles. The fourth-order valence-corrected chi connectivity index (χ4v) is 3.01. The molecule has 3 rings (SSSR count). The number of benzene rings is 1. The van der Waals surface area contributed by atoms with Crippen molar-refractivity contribution in [3.05, 3.63) is 77.5 Å². The maximum Gasteiger partial charge on any atom is 0.188 e. The van der Waals surface area contributed by atoms with Gasteiger partial charge in [0.05, 0.1) is 12.0 Å². The van der Waals surface area contributed by atoms with Crippen LogP contribution in [-0.4, -0.2) is 40.5 Å². The van der Waals surface area contributed by atoms with E-state index in [1.54, 1.807) is 12.5 Å². The monoisotopic (exact) mass is 411 g/mol. The lowest BCUT2D eigenvalue weighted by molar-refractivity contribution is 0.737. The number of hydrogen-bond acceptors (Lipinski definition) is 4. The number of nitrogens with two attached hydrogens (primary N) is 1. The predicted octanol–water partition coefficient (Wildman–Crippen LogP) is 3.00. The van der Waals surface area contributed by atoms with Crippen LogP contribution in [0.1, 0.15) is 17.7 Å². The van der Waals surface area contributed by atoms with Gasteiger partial charge in [-0.15, -0.1) is 0 Å². The van der Waals surface area contributed by atoms with Crippen LogP contribution in [-0.2, 0) is 13.0 Å². The zero-order chi connectivity index (χ0) is 20.3. The molecule has 0 bridgehead atoms. The molecule has 0 aliphatic heterocycles. The summed E-state index contributed by atoms with van der Waals surface area (Å²) in [4.78, 5) is 18.2. The summed E-state index contributed by atoms with van der Waals surface area (Å²) < 4.78 is 0. The van der Waals surface area contributed by atoms with Crippen LogP contribution in [0.15, 0.2) is 66.2 Å². The molecule has 0 spiro atoms. The molecule has 1 aromatic carbocycles. The molecule has 0 atom stereocenters. The van der Waals surface area contributed by atoms with Gasteiger partial charge in [-0.05, 0) is 42.7 Å². The number of hydrogen-bond donors (Lipinski definition) is 3. The van der Waals surface area contributed by atoms with Crippen molar-refractivity contribution in [3.63, 3.8) is 0 Å². The molecule has 0 saturated carbocycles. The standard InChI is InChI=1S/C21H26ClN7/c22-18-8-6-17(7-9-18)15-29(20-5-1-2-10-25-20)13-12-27-21(23)26-11-3-4-19-14-24-16-28-19/h1-2,5-10,14,16H,3-4,11-13,15H2,(H,24,28)(H3,23,26,27). The Hall–Kier alpha value is -3.06. The maximum absolute atomic E-state index is 6.00. The van der Waals surface area contributed by atoms with Crippen LogP contribution in [0.5, 0.6) is 0 Å². The fourth-order valence-electron chi connectivity index (χ4n) is 2.89. The second kappa shape index (κ2) is 11.1. The highest BCUT2D eigenvalue weighted by molar-refractivity contribution is 6.30. The van der Waals surface area contributed by atoms with Gasteiger partial charge in [0.25, 0.3) is 0 Å². The minimum atomic E-state index is 0.458. The lowest BCUT2D eigenvalue weighted by Gasteiger charge is -2.24. The molecule has 0 amide bonds. The van der Waals surface area contributed by atoms with Gasteiger partial charge in [-0.25, -0.2) is 9.97 Å². The Morgan fingerprint density at radius 2 is 2.03 bits per heavy atom. The zero-order valence-electron chi connectivity index (χ0n) is 16.3. The summed E-state index contributed by atoms with van der Waals surface area (Å²) in [6.07, 6.45) is 7.18. The zero-order valence-corrected chi connectivity index (χ0v) is 17.0. The second-order valence-electron chi connectivity index (χ2n) is 6.59. The van der Waals surface area contributed by atoms with Crippen molar-refractivity contribution in [2.45, 2.75) is 19.4 Å². The smallest absolute Gasteiger partial charge is 0.188 e. The van der Waals surface area contributed by atoms with E-state index in [0.717, 1.165) is 42.5 Å². The molecule has 0 radical (unpaired) electrons. The third-order valence-electron chi connectivity index (χ3n) is 4.38. The normalized spacial score (nSPS) is 11.4. The summed E-state index contributed by atoms with van der Waals surface area (Å²) in [6, 6.07) is 13.8. The molecule has 3 aromatic rings. The Kier molecular flexibility index (Phi) is 7.89. The highest BCUT2D eigenvalue weighted by Gasteiger charge is 2.08. The number of imidazole rings is 1. The number of aliphatic imine (C=N–C) groups is 1. The van der Waals surface area contributed by atoms with E-state index >= 15 is 0 Å². The van der Waals surface area contributed by atoms with Gasteiger partial charge in [-0.3, -0.25) is 4.99 Å². The summed E-state index contributed by atoms with van der Waals surface area (Å²) >= 11 is 6.00. The topological polar surface area (TPSA) is 95.2 Å². The second-order valence-corrected chi connectivity index (χ2v) is 7.03. The predicted molar refractivity (Wildman–Crippen MR) is 118 cm³/mol. The van der Waals surface area contributed by atoms with Crippen molar-refractivity contribution in [1.29, 1.82) is 0 Å². The fraction of sp³-hybridized carbons (Fsp3) is 0.286. The van der Waals surface area contributed by atoms with Crippen molar-refractivity contribution in [2.75, 3.05) is 24.5 Å². The van der Waals surface area contributed by atoms with Gasteiger partial charge in [-0.1, -0.05) is 29.8 Å². The Labute approximate surface area is 176 Å². The van der Waals surface area contributed by atoms with Crippen LogP contribution < -0.4 is 16.0 Å². The Balaban J connectivity index is 1.48. The molecular weight excluding hydrogens is 386 g/mol. The van der Waals surface area contributed by atoms with Crippen LogP contribution in [0.4, 0.5) is 5.82 Å². The Morgan fingerprint density at radius 1 is 1.17 bits per heavy atom. The van der Waals surface area contributed by atoms with Gasteiger partial charge in [0, 0.05) is 43.6 Å². The summed E-state index contributed by atoms with van der Waals surface area (Å²) in [5, 5.41) is 3.92. The Morgan fingerprint density at radius 3 is 2.76 bits per heavy atom. The van der Waals surface area contributed by atoms with E-state index in [0.29, 0.717) is 19.0 Å². The minimum absolute atomic E-state index is 0.458. The first-order valence-electron chi connectivity index (χ1n) is 9.62. The highest BCUT2D eigenvalue weighted by Crippen LogP contribution is 2.15. The average molecular weight is 412 g/mol. The molecule has 0 aliphatic carbocycles. The van der Waals surface area contributed by atoms with Crippen LogP contribution in [0.3, 0.4) is 0 Å². The Bertz CT molecular complexity index is 864. The third-order valence-corrected chi connectivity index (χ3v) is 4.63. The molecule has 2 aromatic heterocycles. The minimum Gasteiger partial charge on any atom is -0.370 e. The van der Waals surface area contributed by atoms with Gasteiger partial charge in [-0.2, -0.15) is 0 Å². The number of aryl methyl sites for hydroxylation is 1. The molecule has 0 aliphatic rings. The van der Waals surface area contributed by atoms with Crippen molar-refractivity contribution < 1.29 is 0 Å². The van der Waals surface area contributed by atoms with Crippen LogP contribution in [0.25, 0.3) is 0 Å². The molecule has 0 unspecified atom stereocenters. The van der Waals surface area contributed by atoms with Crippen molar-refractivity contribution in [3.8, 4) is 0 Å².